The van der Waals surface area contributed by atoms with E-state index in [1.54, 1.807) is 0 Å². The normalized spacial score (nSPS) is 12.1. The summed E-state index contributed by atoms with van der Waals surface area (Å²) in [6.45, 7) is 6.69. The molecule has 0 aliphatic heterocycles. The number of esters is 3. The predicted octanol–water partition coefficient (Wildman–Crippen LogP) is 21.1. The van der Waals surface area contributed by atoms with Gasteiger partial charge in [-0.05, 0) is 70.6 Å². The highest BCUT2D eigenvalue weighted by Gasteiger charge is 2.19. The van der Waals surface area contributed by atoms with Crippen molar-refractivity contribution < 1.29 is 28.6 Å². The van der Waals surface area contributed by atoms with E-state index >= 15 is 0 Å². The van der Waals surface area contributed by atoms with Crippen molar-refractivity contribution in [3.8, 4) is 0 Å². The average Bonchev–Trinajstić information content (AvgIpc) is 3.36. The van der Waals surface area contributed by atoms with Gasteiger partial charge in [-0.1, -0.05) is 283 Å². The third kappa shape index (κ3) is 56.8. The van der Waals surface area contributed by atoms with Crippen LogP contribution >= 0.6 is 0 Å². The van der Waals surface area contributed by atoms with Crippen LogP contribution in [0.5, 0.6) is 0 Å². The molecule has 0 aliphatic rings. The van der Waals surface area contributed by atoms with Crippen molar-refractivity contribution in [1.82, 2.24) is 0 Å². The Kier molecular flexibility index (Phi) is 57.7. The van der Waals surface area contributed by atoms with Crippen molar-refractivity contribution >= 4 is 17.9 Å². The minimum Gasteiger partial charge on any atom is -0.462 e. The first-order chi connectivity index (χ1) is 34.5. The maximum atomic E-state index is 12.9. The molecule has 6 nitrogen and oxygen atoms in total. The number of rotatable bonds is 58. The van der Waals surface area contributed by atoms with Crippen molar-refractivity contribution in [1.29, 1.82) is 0 Å². The highest BCUT2D eigenvalue weighted by Crippen LogP contribution is 2.17. The van der Waals surface area contributed by atoms with Crippen LogP contribution in [0.25, 0.3) is 0 Å². The van der Waals surface area contributed by atoms with Crippen LogP contribution in [-0.4, -0.2) is 37.2 Å². The molecule has 1 atom stereocenters. The number of hydrogen-bond acceptors (Lipinski definition) is 6. The second kappa shape index (κ2) is 59.5. The average molecular weight is 986 g/mol. The Balaban J connectivity index is 4.30. The van der Waals surface area contributed by atoms with E-state index in [2.05, 4.69) is 45.1 Å². The Morgan fingerprint density at radius 2 is 0.471 bits per heavy atom. The zero-order chi connectivity index (χ0) is 50.7. The van der Waals surface area contributed by atoms with Gasteiger partial charge in [-0.2, -0.15) is 0 Å². The molecule has 0 saturated carbocycles. The minimum atomic E-state index is -0.771. The van der Waals surface area contributed by atoms with Crippen LogP contribution in [0.1, 0.15) is 348 Å². The van der Waals surface area contributed by atoms with Gasteiger partial charge in [0.15, 0.2) is 6.10 Å². The fourth-order valence-corrected chi connectivity index (χ4v) is 9.44. The number of carbonyl (C=O) groups is 3. The van der Waals surface area contributed by atoms with Crippen molar-refractivity contribution in [3.05, 3.63) is 24.3 Å². The van der Waals surface area contributed by atoms with Gasteiger partial charge in [0.2, 0.25) is 0 Å². The van der Waals surface area contributed by atoms with E-state index in [9.17, 15) is 14.4 Å². The Labute approximate surface area is 436 Å². The molecule has 0 rings (SSSR count). The van der Waals surface area contributed by atoms with Crippen LogP contribution in [-0.2, 0) is 28.6 Å². The summed E-state index contributed by atoms with van der Waals surface area (Å²) < 4.78 is 16.9. The van der Waals surface area contributed by atoms with E-state index in [0.29, 0.717) is 19.3 Å². The Morgan fingerprint density at radius 3 is 0.714 bits per heavy atom. The first-order valence-electron chi connectivity index (χ1n) is 31.3. The molecular weight excluding hydrogens is 865 g/mol. The molecule has 0 bridgehead atoms. The number of ether oxygens (including phenoxy) is 3. The molecule has 0 aromatic rings. The number of hydrogen-bond donors (Lipinski definition) is 0. The van der Waals surface area contributed by atoms with E-state index in [1.807, 2.05) is 0 Å². The Morgan fingerprint density at radius 1 is 0.271 bits per heavy atom. The highest BCUT2D eigenvalue weighted by molar-refractivity contribution is 5.71. The van der Waals surface area contributed by atoms with E-state index < -0.39 is 6.10 Å². The Hall–Kier alpha value is -2.11. The molecule has 0 saturated heterocycles. The van der Waals surface area contributed by atoms with Crippen LogP contribution < -0.4 is 0 Å². The summed E-state index contributed by atoms with van der Waals surface area (Å²) in [6.07, 6.45) is 70.3. The molecule has 0 spiro atoms. The Bertz CT molecular complexity index is 1130. The topological polar surface area (TPSA) is 78.9 Å². The van der Waals surface area contributed by atoms with Crippen LogP contribution in [0, 0.1) is 0 Å². The zero-order valence-corrected chi connectivity index (χ0v) is 47.3. The van der Waals surface area contributed by atoms with Crippen LogP contribution in [0.15, 0.2) is 24.3 Å². The van der Waals surface area contributed by atoms with E-state index in [-0.39, 0.29) is 31.1 Å². The van der Waals surface area contributed by atoms with Gasteiger partial charge in [-0.15, -0.1) is 0 Å². The molecule has 0 fully saturated rings. The van der Waals surface area contributed by atoms with Crippen molar-refractivity contribution in [3.63, 3.8) is 0 Å². The summed E-state index contributed by atoms with van der Waals surface area (Å²) in [5.41, 5.74) is 0. The van der Waals surface area contributed by atoms with Crippen LogP contribution in [0.4, 0.5) is 0 Å². The second-order valence-corrected chi connectivity index (χ2v) is 21.3. The lowest BCUT2D eigenvalue weighted by Gasteiger charge is -2.18. The number of unbranched alkanes of at least 4 members (excludes halogenated alkanes) is 43. The van der Waals surface area contributed by atoms with Gasteiger partial charge >= 0.3 is 17.9 Å². The van der Waals surface area contributed by atoms with Crippen molar-refractivity contribution in [2.45, 2.75) is 354 Å². The third-order valence-corrected chi connectivity index (χ3v) is 14.2. The zero-order valence-electron chi connectivity index (χ0n) is 47.3. The molecule has 0 aromatic carbocycles. The number of allylic oxidation sites excluding steroid dienone is 4. The molecule has 6 heteroatoms. The quantitative estimate of drug-likeness (QED) is 0.0261. The maximum Gasteiger partial charge on any atom is 0.306 e. The minimum absolute atomic E-state index is 0.0687. The summed E-state index contributed by atoms with van der Waals surface area (Å²) in [7, 11) is 0. The fraction of sp³-hybridized carbons (Fsp3) is 0.891. The lowest BCUT2D eigenvalue weighted by atomic mass is 10.0. The predicted molar refractivity (Wildman–Crippen MR) is 303 cm³/mol. The molecule has 1 unspecified atom stereocenters. The largest absolute Gasteiger partial charge is 0.462 e. The summed E-state index contributed by atoms with van der Waals surface area (Å²) in [6, 6.07) is 0. The SMILES string of the molecule is CCCCCCCC/C=C\CCCCCCCCCC(=O)OC(COC(=O)CCCCCCCCCCC/C=C\CCCCCCCCCC)COC(=O)CCCCCCCCCCCCCCCC. The fourth-order valence-electron chi connectivity index (χ4n) is 9.44. The monoisotopic (exact) mass is 985 g/mol. The molecule has 412 valence electrons. The van der Waals surface area contributed by atoms with Gasteiger partial charge in [0.25, 0.3) is 0 Å². The second-order valence-electron chi connectivity index (χ2n) is 21.3. The van der Waals surface area contributed by atoms with Gasteiger partial charge in [-0.3, -0.25) is 14.4 Å². The molecular formula is C64H120O6. The summed E-state index contributed by atoms with van der Waals surface area (Å²) in [4.78, 5) is 38.3. The van der Waals surface area contributed by atoms with Gasteiger partial charge < -0.3 is 14.2 Å². The van der Waals surface area contributed by atoms with Crippen LogP contribution in [0.3, 0.4) is 0 Å². The summed E-state index contributed by atoms with van der Waals surface area (Å²) in [5.74, 6) is -0.851. The lowest BCUT2D eigenvalue weighted by molar-refractivity contribution is -0.167. The van der Waals surface area contributed by atoms with Gasteiger partial charge in [0.1, 0.15) is 13.2 Å². The standard InChI is InChI=1S/C64H120O6/c1-4-7-10-13-16-19-22-25-28-30-31-32-33-35-36-39-42-45-48-51-54-57-63(66)69-60-61(59-68-62(65)56-53-50-47-44-41-38-27-24-21-18-15-12-9-6-3)70-64(67)58-55-52-49-46-43-40-37-34-29-26-23-20-17-14-11-8-5-2/h26,29-31,61H,4-25,27-28,32-60H2,1-3H3/b29-26-,31-30-. The molecule has 0 amide bonds. The van der Waals surface area contributed by atoms with Crippen LogP contribution in [0.2, 0.25) is 0 Å². The smallest absolute Gasteiger partial charge is 0.306 e. The van der Waals surface area contributed by atoms with Crippen molar-refractivity contribution in [2.75, 3.05) is 13.2 Å². The van der Waals surface area contributed by atoms with Gasteiger partial charge in [0, 0.05) is 19.3 Å². The third-order valence-electron chi connectivity index (χ3n) is 14.2. The molecule has 0 aromatic heterocycles. The molecule has 0 heterocycles. The summed E-state index contributed by atoms with van der Waals surface area (Å²) in [5, 5.41) is 0. The van der Waals surface area contributed by atoms with Gasteiger partial charge in [-0.25, -0.2) is 0 Å². The van der Waals surface area contributed by atoms with E-state index in [0.717, 1.165) is 57.8 Å². The maximum absolute atomic E-state index is 12.9. The molecule has 70 heavy (non-hydrogen) atoms. The summed E-state index contributed by atoms with van der Waals surface area (Å²) >= 11 is 0. The molecule has 0 aliphatic carbocycles. The van der Waals surface area contributed by atoms with Gasteiger partial charge in [0.05, 0.1) is 0 Å². The van der Waals surface area contributed by atoms with E-state index in [4.69, 9.17) is 14.2 Å². The highest BCUT2D eigenvalue weighted by atomic mass is 16.6. The molecule has 0 radical (unpaired) electrons. The van der Waals surface area contributed by atoms with Crippen molar-refractivity contribution in [2.24, 2.45) is 0 Å². The lowest BCUT2D eigenvalue weighted by Crippen LogP contribution is -2.30. The number of carbonyl (C=O) groups excluding carboxylic acids is 3. The van der Waals surface area contributed by atoms with E-state index in [1.165, 1.54) is 250 Å². The first-order valence-corrected chi connectivity index (χ1v) is 31.3. The first kappa shape index (κ1) is 67.9. The molecule has 0 N–H and O–H groups in total.